The van der Waals surface area contributed by atoms with Crippen LogP contribution < -0.4 is 10.6 Å². The molecule has 9 heteroatoms. The van der Waals surface area contributed by atoms with Crippen LogP contribution in [0, 0.1) is 0 Å². The first-order chi connectivity index (χ1) is 14.6. The van der Waals surface area contributed by atoms with E-state index in [2.05, 4.69) is 25.5 Å². The van der Waals surface area contributed by atoms with E-state index in [-0.39, 0.29) is 5.91 Å². The summed E-state index contributed by atoms with van der Waals surface area (Å²) in [5, 5.41) is 6.65. The summed E-state index contributed by atoms with van der Waals surface area (Å²) in [7, 11) is 1.60. The molecular formula is C21H22FN7O. The fourth-order valence-corrected chi connectivity index (χ4v) is 4.01. The Bertz CT molecular complexity index is 1250. The molecule has 1 aliphatic rings. The second-order valence-corrected chi connectivity index (χ2v) is 7.48. The number of para-hydroxylation sites is 2. The number of likely N-dealkylation sites (tertiary alicyclic amines) is 1. The number of benzene rings is 1. The topological polar surface area (TPSA) is 87.5 Å². The van der Waals surface area contributed by atoms with Gasteiger partial charge in [-0.25, -0.2) is 14.4 Å². The van der Waals surface area contributed by atoms with Crippen LogP contribution in [0.25, 0.3) is 27.7 Å². The molecule has 1 aliphatic heterocycles. The average molecular weight is 407 g/mol. The maximum atomic E-state index is 13.3. The number of nitrogens with one attached hydrogen (secondary N) is 2. The van der Waals surface area contributed by atoms with Gasteiger partial charge in [0.05, 0.1) is 16.6 Å². The van der Waals surface area contributed by atoms with Gasteiger partial charge in [0.1, 0.15) is 6.17 Å². The van der Waals surface area contributed by atoms with Gasteiger partial charge in [-0.1, -0.05) is 12.1 Å². The third kappa shape index (κ3) is 3.21. The molecule has 0 saturated carbocycles. The second kappa shape index (κ2) is 7.49. The lowest BCUT2D eigenvalue weighted by atomic mass is 10.2. The smallest absolute Gasteiger partial charge is 0.254 e. The molecule has 8 nitrogen and oxygen atoms in total. The highest BCUT2D eigenvalue weighted by molar-refractivity contribution is 6.05. The Morgan fingerprint density at radius 2 is 2.13 bits per heavy atom. The number of anilines is 1. The Hall–Kier alpha value is -3.33. The maximum absolute atomic E-state index is 13.3. The molecule has 4 heterocycles. The molecule has 1 amide bonds. The van der Waals surface area contributed by atoms with E-state index in [0.29, 0.717) is 42.3 Å². The number of amides is 1. The summed E-state index contributed by atoms with van der Waals surface area (Å²) in [6.07, 6.45) is 1.59. The third-order valence-corrected chi connectivity index (χ3v) is 5.51. The number of alkyl halides is 1. The number of fused-ring (bicyclic) bond motifs is 5. The molecule has 2 N–H and O–H groups in total. The molecule has 0 unspecified atom stereocenters. The first-order valence-electron chi connectivity index (χ1n) is 10.0. The monoisotopic (exact) mass is 407 g/mol. The van der Waals surface area contributed by atoms with E-state index in [9.17, 15) is 9.18 Å². The van der Waals surface area contributed by atoms with Crippen molar-refractivity contribution in [2.75, 3.05) is 38.5 Å². The first kappa shape index (κ1) is 18.7. The van der Waals surface area contributed by atoms with Crippen molar-refractivity contribution in [3.63, 3.8) is 0 Å². The zero-order valence-corrected chi connectivity index (χ0v) is 16.6. The first-order valence-corrected chi connectivity index (χ1v) is 10.0. The summed E-state index contributed by atoms with van der Waals surface area (Å²) in [6, 6.07) is 9.49. The van der Waals surface area contributed by atoms with Crippen molar-refractivity contribution in [2.24, 2.45) is 0 Å². The van der Waals surface area contributed by atoms with Crippen LogP contribution in [0.2, 0.25) is 0 Å². The molecule has 4 aromatic rings. The number of imidazole rings is 1. The molecule has 3 aromatic heterocycles. The highest BCUT2D eigenvalue weighted by atomic mass is 19.1. The van der Waals surface area contributed by atoms with E-state index >= 15 is 0 Å². The van der Waals surface area contributed by atoms with Crippen molar-refractivity contribution >= 4 is 39.6 Å². The standard InChI is InChI=1S/C21H22FN7O/c1-23-20(30)15-10-13-11-25-21(24-7-9-28-8-6-14(22)12-28)27-18(13)29-17-5-3-2-4-16(17)26-19(15)29/h2-5,10-11,14H,6-9,12H2,1H3,(H,23,30)(H,24,25,27)/t14-/m0/s1. The number of hydrogen-bond acceptors (Lipinski definition) is 6. The van der Waals surface area contributed by atoms with Gasteiger partial charge in [-0.15, -0.1) is 0 Å². The van der Waals surface area contributed by atoms with Crippen molar-refractivity contribution in [3.8, 4) is 0 Å². The van der Waals surface area contributed by atoms with E-state index in [1.165, 1.54) is 0 Å². The number of pyridine rings is 1. The lowest BCUT2D eigenvalue weighted by Crippen LogP contribution is -2.27. The molecule has 0 radical (unpaired) electrons. The molecular weight excluding hydrogens is 385 g/mol. The number of carbonyl (C=O) groups excluding carboxylic acids is 1. The van der Waals surface area contributed by atoms with Crippen LogP contribution in [0.3, 0.4) is 0 Å². The molecule has 1 saturated heterocycles. The number of hydrogen-bond donors (Lipinski definition) is 2. The summed E-state index contributed by atoms with van der Waals surface area (Å²) < 4.78 is 15.2. The van der Waals surface area contributed by atoms with Crippen LogP contribution in [0.1, 0.15) is 16.8 Å². The van der Waals surface area contributed by atoms with Crippen molar-refractivity contribution < 1.29 is 9.18 Å². The lowest BCUT2D eigenvalue weighted by Gasteiger charge is -2.15. The molecule has 5 rings (SSSR count). The van der Waals surface area contributed by atoms with Crippen molar-refractivity contribution in [2.45, 2.75) is 12.6 Å². The van der Waals surface area contributed by atoms with Gasteiger partial charge in [-0.2, -0.15) is 4.98 Å². The van der Waals surface area contributed by atoms with E-state index in [1.54, 1.807) is 19.3 Å². The van der Waals surface area contributed by atoms with Crippen LogP contribution in [0.15, 0.2) is 36.5 Å². The van der Waals surface area contributed by atoms with Crippen molar-refractivity contribution in [3.05, 3.63) is 42.1 Å². The lowest BCUT2D eigenvalue weighted by molar-refractivity contribution is 0.0964. The number of nitrogens with zero attached hydrogens (tertiary/aromatic N) is 5. The van der Waals surface area contributed by atoms with Crippen molar-refractivity contribution in [1.29, 1.82) is 0 Å². The number of aromatic nitrogens is 4. The largest absolute Gasteiger partial charge is 0.355 e. The van der Waals surface area contributed by atoms with Gasteiger partial charge in [0.25, 0.3) is 5.91 Å². The van der Waals surface area contributed by atoms with Gasteiger partial charge in [0, 0.05) is 44.8 Å². The minimum Gasteiger partial charge on any atom is -0.355 e. The van der Waals surface area contributed by atoms with Gasteiger partial charge in [0.15, 0.2) is 11.3 Å². The third-order valence-electron chi connectivity index (χ3n) is 5.51. The zero-order valence-electron chi connectivity index (χ0n) is 16.6. The second-order valence-electron chi connectivity index (χ2n) is 7.48. The molecule has 0 bridgehead atoms. The van der Waals surface area contributed by atoms with Crippen LogP contribution in [-0.2, 0) is 0 Å². The van der Waals surface area contributed by atoms with Gasteiger partial charge in [0.2, 0.25) is 5.95 Å². The molecule has 0 spiro atoms. The summed E-state index contributed by atoms with van der Waals surface area (Å²) in [6.45, 7) is 2.64. The molecule has 1 atom stereocenters. The van der Waals surface area contributed by atoms with Gasteiger partial charge in [-0.3, -0.25) is 14.1 Å². The Kier molecular flexibility index (Phi) is 4.66. The minimum atomic E-state index is -0.723. The highest BCUT2D eigenvalue weighted by Gasteiger charge is 2.21. The normalized spacial score (nSPS) is 17.2. The van der Waals surface area contributed by atoms with E-state index < -0.39 is 6.17 Å². The Labute approximate surface area is 172 Å². The van der Waals surface area contributed by atoms with E-state index in [1.807, 2.05) is 28.7 Å². The fraction of sp³-hybridized carbons (Fsp3) is 0.333. The fourth-order valence-electron chi connectivity index (χ4n) is 4.01. The summed E-state index contributed by atoms with van der Waals surface area (Å²) >= 11 is 0. The van der Waals surface area contributed by atoms with Crippen LogP contribution in [-0.4, -0.2) is 69.6 Å². The Balaban J connectivity index is 1.55. The number of carbonyl (C=O) groups is 1. The molecule has 1 aromatic carbocycles. The average Bonchev–Trinajstić information content (AvgIpc) is 3.36. The Morgan fingerprint density at radius 3 is 2.93 bits per heavy atom. The summed E-state index contributed by atoms with van der Waals surface area (Å²) in [5.74, 6) is 0.279. The molecule has 1 fully saturated rings. The van der Waals surface area contributed by atoms with Crippen molar-refractivity contribution in [1.82, 2.24) is 29.6 Å². The highest BCUT2D eigenvalue weighted by Crippen LogP contribution is 2.25. The van der Waals surface area contributed by atoms with Gasteiger partial charge < -0.3 is 10.6 Å². The minimum absolute atomic E-state index is 0.212. The quantitative estimate of drug-likeness (QED) is 0.528. The molecule has 154 valence electrons. The maximum Gasteiger partial charge on any atom is 0.254 e. The predicted octanol–water partition coefficient (Wildman–Crippen LogP) is 2.25. The van der Waals surface area contributed by atoms with E-state index in [0.717, 1.165) is 29.5 Å². The number of rotatable bonds is 5. The van der Waals surface area contributed by atoms with Gasteiger partial charge >= 0.3 is 0 Å². The summed E-state index contributed by atoms with van der Waals surface area (Å²) in [5.41, 5.74) is 3.37. The van der Waals surface area contributed by atoms with E-state index in [4.69, 9.17) is 4.98 Å². The van der Waals surface area contributed by atoms with Crippen LogP contribution >= 0.6 is 0 Å². The zero-order chi connectivity index (χ0) is 20.7. The summed E-state index contributed by atoms with van der Waals surface area (Å²) in [4.78, 5) is 28.3. The SMILES string of the molecule is CNC(=O)c1cc2cnc(NCCN3CC[C@H](F)C3)nc2n2c1nc1ccccc12. The van der Waals surface area contributed by atoms with Gasteiger partial charge in [-0.05, 0) is 24.6 Å². The molecule has 0 aliphatic carbocycles. The van der Waals surface area contributed by atoms with Crippen LogP contribution in [0.5, 0.6) is 0 Å². The Morgan fingerprint density at radius 1 is 1.27 bits per heavy atom. The molecule has 30 heavy (non-hydrogen) atoms. The predicted molar refractivity (Wildman–Crippen MR) is 114 cm³/mol. The number of halogens is 1. The van der Waals surface area contributed by atoms with Crippen LogP contribution in [0.4, 0.5) is 10.3 Å².